The van der Waals surface area contributed by atoms with Crippen molar-refractivity contribution in [2.75, 3.05) is 39.5 Å². The fourth-order valence-electron chi connectivity index (χ4n) is 3.10. The van der Waals surface area contributed by atoms with Crippen molar-refractivity contribution >= 4 is 5.91 Å². The number of allylic oxidation sites excluding steroid dienone is 1. The molecule has 6 heteroatoms. The Bertz CT molecular complexity index is 603. The largest absolute Gasteiger partial charge is 0.491 e. The first-order valence-corrected chi connectivity index (χ1v) is 8.85. The lowest BCUT2D eigenvalue weighted by molar-refractivity contribution is -0.123. The summed E-state index contributed by atoms with van der Waals surface area (Å²) in [5.41, 5.74) is 1.29. The van der Waals surface area contributed by atoms with Gasteiger partial charge in [0.25, 0.3) is 5.91 Å². The van der Waals surface area contributed by atoms with Gasteiger partial charge in [0.1, 0.15) is 19.0 Å². The first-order chi connectivity index (χ1) is 12.2. The maximum atomic E-state index is 12.3. The van der Waals surface area contributed by atoms with Crippen molar-refractivity contribution in [3.63, 3.8) is 0 Å². The second-order valence-electron chi connectivity index (χ2n) is 6.36. The summed E-state index contributed by atoms with van der Waals surface area (Å²) >= 11 is 0. The second kappa shape index (κ2) is 8.87. The van der Waals surface area contributed by atoms with Crippen LogP contribution in [0.1, 0.15) is 18.9 Å². The van der Waals surface area contributed by atoms with Crippen LogP contribution in [0, 0.1) is 0 Å². The van der Waals surface area contributed by atoms with E-state index in [1.165, 1.54) is 5.56 Å². The molecule has 6 nitrogen and oxygen atoms in total. The van der Waals surface area contributed by atoms with Crippen LogP contribution in [0.3, 0.4) is 0 Å². The van der Waals surface area contributed by atoms with Crippen molar-refractivity contribution in [1.82, 2.24) is 10.2 Å². The Morgan fingerprint density at radius 2 is 2.00 bits per heavy atom. The van der Waals surface area contributed by atoms with Gasteiger partial charge in [0.15, 0.2) is 0 Å². The number of nitrogens with zero attached hydrogens (tertiary/aromatic N) is 1. The predicted molar refractivity (Wildman–Crippen MR) is 93.7 cm³/mol. The van der Waals surface area contributed by atoms with E-state index in [9.17, 15) is 4.79 Å². The van der Waals surface area contributed by atoms with E-state index in [0.29, 0.717) is 32.1 Å². The number of hydrogen-bond donors (Lipinski definition) is 1. The first kappa shape index (κ1) is 17.8. The van der Waals surface area contributed by atoms with Crippen molar-refractivity contribution in [3.05, 3.63) is 47.4 Å². The normalized spacial score (nSPS) is 21.9. The van der Waals surface area contributed by atoms with E-state index >= 15 is 0 Å². The lowest BCUT2D eigenvalue weighted by Gasteiger charge is -2.24. The molecule has 0 aliphatic carbocycles. The topological polar surface area (TPSA) is 60.0 Å². The highest BCUT2D eigenvalue weighted by Gasteiger charge is 2.23. The second-order valence-corrected chi connectivity index (χ2v) is 6.36. The maximum Gasteiger partial charge on any atom is 0.290 e. The van der Waals surface area contributed by atoms with E-state index in [1.807, 2.05) is 6.07 Å². The van der Waals surface area contributed by atoms with Gasteiger partial charge in [-0.1, -0.05) is 30.3 Å². The third-order valence-corrected chi connectivity index (χ3v) is 4.35. The van der Waals surface area contributed by atoms with E-state index in [2.05, 4.69) is 34.5 Å². The van der Waals surface area contributed by atoms with Crippen LogP contribution in [-0.4, -0.2) is 56.4 Å². The van der Waals surface area contributed by atoms with E-state index in [0.717, 1.165) is 26.1 Å². The van der Waals surface area contributed by atoms with Crippen LogP contribution in [-0.2, 0) is 25.5 Å². The molecule has 2 aliphatic heterocycles. The predicted octanol–water partition coefficient (Wildman–Crippen LogP) is 1.67. The number of ether oxygens (including phenoxy) is 3. The molecule has 0 bridgehead atoms. The van der Waals surface area contributed by atoms with Gasteiger partial charge in [0, 0.05) is 32.8 Å². The molecule has 1 fully saturated rings. The lowest BCUT2D eigenvalue weighted by Crippen LogP contribution is -2.41. The molecule has 0 radical (unpaired) electrons. The third-order valence-electron chi connectivity index (χ3n) is 4.35. The number of nitrogens with one attached hydrogen (secondary N) is 1. The smallest absolute Gasteiger partial charge is 0.290 e. The summed E-state index contributed by atoms with van der Waals surface area (Å²) in [6.45, 7) is 6.52. The van der Waals surface area contributed by atoms with Gasteiger partial charge in [-0.15, -0.1) is 0 Å². The van der Waals surface area contributed by atoms with Gasteiger partial charge in [0.05, 0.1) is 6.10 Å². The van der Waals surface area contributed by atoms with Gasteiger partial charge in [-0.25, -0.2) is 0 Å². The quantitative estimate of drug-likeness (QED) is 0.879. The number of hydrogen-bond acceptors (Lipinski definition) is 5. The molecule has 136 valence electrons. The molecule has 0 spiro atoms. The molecule has 0 aromatic heterocycles. The SMILES string of the molecule is CC1=C(C(=O)NCC2CN(Cc3ccccc3)CCCO2)OCCO1. The molecule has 0 saturated carbocycles. The summed E-state index contributed by atoms with van der Waals surface area (Å²) in [5.74, 6) is 0.580. The first-order valence-electron chi connectivity index (χ1n) is 8.85. The summed E-state index contributed by atoms with van der Waals surface area (Å²) in [5, 5.41) is 2.91. The zero-order chi connectivity index (χ0) is 17.5. The summed E-state index contributed by atoms with van der Waals surface area (Å²) in [7, 11) is 0. The zero-order valence-corrected chi connectivity index (χ0v) is 14.7. The maximum absolute atomic E-state index is 12.3. The Balaban J connectivity index is 1.52. The van der Waals surface area contributed by atoms with Crippen molar-refractivity contribution in [1.29, 1.82) is 0 Å². The number of carbonyl (C=O) groups excluding carboxylic acids is 1. The standard InChI is InChI=1S/C19H26N2O4/c1-15-18(25-11-10-23-15)19(22)20-12-17-14-21(8-5-9-24-17)13-16-6-3-2-4-7-16/h2-4,6-7,17H,5,8-14H2,1H3,(H,20,22). The highest BCUT2D eigenvalue weighted by Crippen LogP contribution is 2.14. The van der Waals surface area contributed by atoms with E-state index < -0.39 is 0 Å². The lowest BCUT2D eigenvalue weighted by atomic mass is 10.2. The van der Waals surface area contributed by atoms with Gasteiger partial charge in [-0.3, -0.25) is 9.69 Å². The van der Waals surface area contributed by atoms with Crippen molar-refractivity contribution in [3.8, 4) is 0 Å². The fraction of sp³-hybridized carbons (Fsp3) is 0.526. The molecule has 1 aromatic carbocycles. The van der Waals surface area contributed by atoms with E-state index in [4.69, 9.17) is 14.2 Å². The summed E-state index contributed by atoms with van der Waals surface area (Å²) in [6.07, 6.45) is 0.971. The molecule has 1 N–H and O–H groups in total. The van der Waals surface area contributed by atoms with Gasteiger partial charge < -0.3 is 19.5 Å². The summed E-state index contributed by atoms with van der Waals surface area (Å²) in [4.78, 5) is 14.6. The number of rotatable bonds is 5. The Labute approximate surface area is 148 Å². The molecule has 1 aromatic rings. The molecule has 2 aliphatic rings. The molecule has 1 atom stereocenters. The van der Waals surface area contributed by atoms with Crippen LogP contribution >= 0.6 is 0 Å². The van der Waals surface area contributed by atoms with Crippen LogP contribution in [0.25, 0.3) is 0 Å². The van der Waals surface area contributed by atoms with Crippen LogP contribution in [0.15, 0.2) is 41.9 Å². The highest BCUT2D eigenvalue weighted by molar-refractivity contribution is 5.91. The average Bonchev–Trinajstić information content (AvgIpc) is 2.86. The monoisotopic (exact) mass is 346 g/mol. The average molecular weight is 346 g/mol. The number of benzene rings is 1. The van der Waals surface area contributed by atoms with Gasteiger partial charge in [0.2, 0.25) is 5.76 Å². The Hall–Kier alpha value is -2.05. The Kier molecular flexibility index (Phi) is 6.30. The zero-order valence-electron chi connectivity index (χ0n) is 14.7. The molecule has 3 rings (SSSR count). The van der Waals surface area contributed by atoms with Crippen LogP contribution < -0.4 is 5.32 Å². The summed E-state index contributed by atoms with van der Waals surface area (Å²) < 4.78 is 16.7. The molecular weight excluding hydrogens is 320 g/mol. The highest BCUT2D eigenvalue weighted by atomic mass is 16.6. The van der Waals surface area contributed by atoms with Crippen molar-refractivity contribution in [2.45, 2.75) is 26.0 Å². The minimum Gasteiger partial charge on any atom is -0.491 e. The molecular formula is C19H26N2O4. The number of carbonyl (C=O) groups is 1. The minimum absolute atomic E-state index is 0.0272. The van der Waals surface area contributed by atoms with Crippen LogP contribution in [0.5, 0.6) is 0 Å². The Morgan fingerprint density at radius 3 is 2.80 bits per heavy atom. The summed E-state index contributed by atoms with van der Waals surface area (Å²) in [6, 6.07) is 10.4. The minimum atomic E-state index is -0.236. The molecule has 25 heavy (non-hydrogen) atoms. The third kappa shape index (κ3) is 5.21. The molecule has 1 amide bonds. The van der Waals surface area contributed by atoms with Gasteiger partial charge >= 0.3 is 0 Å². The van der Waals surface area contributed by atoms with E-state index in [-0.39, 0.29) is 17.8 Å². The fourth-order valence-corrected chi connectivity index (χ4v) is 3.10. The van der Waals surface area contributed by atoms with Crippen molar-refractivity contribution in [2.24, 2.45) is 0 Å². The molecule has 1 saturated heterocycles. The van der Waals surface area contributed by atoms with Gasteiger partial charge in [-0.2, -0.15) is 0 Å². The molecule has 2 heterocycles. The van der Waals surface area contributed by atoms with E-state index in [1.54, 1.807) is 6.92 Å². The van der Waals surface area contributed by atoms with Crippen LogP contribution in [0.2, 0.25) is 0 Å². The Morgan fingerprint density at radius 1 is 1.20 bits per heavy atom. The molecule has 1 unspecified atom stereocenters. The van der Waals surface area contributed by atoms with Gasteiger partial charge in [-0.05, 0) is 18.9 Å². The number of amides is 1. The van der Waals surface area contributed by atoms with Crippen molar-refractivity contribution < 1.29 is 19.0 Å². The van der Waals surface area contributed by atoms with Crippen LogP contribution in [0.4, 0.5) is 0 Å².